The van der Waals surface area contributed by atoms with Crippen molar-refractivity contribution in [2.45, 2.75) is 51.5 Å². The Balaban J connectivity index is 1.48. The molecule has 1 aromatic rings. The van der Waals surface area contributed by atoms with E-state index in [1.165, 1.54) is 18.4 Å². The van der Waals surface area contributed by atoms with E-state index in [-0.39, 0.29) is 12.0 Å². The second-order valence-corrected chi connectivity index (χ2v) is 7.97. The van der Waals surface area contributed by atoms with Crippen LogP contribution in [0.4, 0.5) is 0 Å². The van der Waals surface area contributed by atoms with Crippen LogP contribution in [0, 0.1) is 5.92 Å². The molecule has 1 aliphatic carbocycles. The normalized spacial score (nSPS) is 20.9. The monoisotopic (exact) mass is 390 g/mol. The summed E-state index contributed by atoms with van der Waals surface area (Å²) < 4.78 is 0. The molecule has 5 nitrogen and oxygen atoms in total. The van der Waals surface area contributed by atoms with E-state index in [1.54, 1.807) is 0 Å². The number of hydrogen-bond acceptors (Lipinski definition) is 2. The minimum Gasteiger partial charge on any atom is -0.357 e. The van der Waals surface area contributed by atoms with E-state index >= 15 is 0 Å². The summed E-state index contributed by atoms with van der Waals surface area (Å²) in [6.45, 7) is 5.26. The molecule has 2 aliphatic rings. The zero-order chi connectivity index (χ0) is 19.1. The summed E-state index contributed by atoms with van der Waals surface area (Å²) in [6, 6.07) is 8.20. The summed E-state index contributed by atoms with van der Waals surface area (Å²) in [4.78, 5) is 19.3. The standard InChI is InChI=1S/C21H31ClN4O/c1-2-23-21(24-13-11-16-7-9-18(22)10-8-16)25-19-12-14-26(15-19)20(27)17-5-3-4-6-17/h7-10,17,19H,2-6,11-15H2,1H3,(H2,23,24,25). The van der Waals surface area contributed by atoms with Crippen molar-refractivity contribution < 1.29 is 4.79 Å². The number of amides is 1. The Morgan fingerprint density at radius 3 is 2.67 bits per heavy atom. The van der Waals surface area contributed by atoms with Crippen molar-refractivity contribution in [3.63, 3.8) is 0 Å². The number of guanidine groups is 1. The minimum absolute atomic E-state index is 0.269. The molecule has 2 fully saturated rings. The largest absolute Gasteiger partial charge is 0.357 e. The predicted molar refractivity (Wildman–Crippen MR) is 111 cm³/mol. The number of carbonyl (C=O) groups is 1. The minimum atomic E-state index is 0.269. The molecule has 0 radical (unpaired) electrons. The molecule has 0 bridgehead atoms. The van der Waals surface area contributed by atoms with Crippen LogP contribution < -0.4 is 10.6 Å². The van der Waals surface area contributed by atoms with Crippen molar-refractivity contribution >= 4 is 23.5 Å². The Morgan fingerprint density at radius 2 is 1.96 bits per heavy atom. The lowest BCUT2D eigenvalue weighted by molar-refractivity contribution is -0.134. The Morgan fingerprint density at radius 1 is 1.22 bits per heavy atom. The van der Waals surface area contributed by atoms with Crippen molar-refractivity contribution in [3.8, 4) is 0 Å². The van der Waals surface area contributed by atoms with E-state index in [2.05, 4.69) is 17.6 Å². The van der Waals surface area contributed by atoms with Crippen LogP contribution in [0.25, 0.3) is 0 Å². The molecule has 3 rings (SSSR count). The van der Waals surface area contributed by atoms with Gasteiger partial charge in [-0.1, -0.05) is 36.6 Å². The van der Waals surface area contributed by atoms with Gasteiger partial charge in [0.05, 0.1) is 0 Å². The fourth-order valence-corrected chi connectivity index (χ4v) is 4.10. The van der Waals surface area contributed by atoms with E-state index in [4.69, 9.17) is 16.6 Å². The topological polar surface area (TPSA) is 56.7 Å². The van der Waals surface area contributed by atoms with Crippen LogP contribution in [0.2, 0.25) is 5.02 Å². The van der Waals surface area contributed by atoms with Crippen LogP contribution in [0.5, 0.6) is 0 Å². The summed E-state index contributed by atoms with van der Waals surface area (Å²) >= 11 is 5.93. The summed E-state index contributed by atoms with van der Waals surface area (Å²) in [5.74, 6) is 1.47. The van der Waals surface area contributed by atoms with Crippen LogP contribution in [0.1, 0.15) is 44.6 Å². The van der Waals surface area contributed by atoms with Crippen LogP contribution >= 0.6 is 11.6 Å². The molecule has 2 N–H and O–H groups in total. The first-order chi connectivity index (χ1) is 13.2. The number of benzene rings is 1. The summed E-state index contributed by atoms with van der Waals surface area (Å²) in [5.41, 5.74) is 1.23. The van der Waals surface area contributed by atoms with Gasteiger partial charge in [0.1, 0.15) is 0 Å². The van der Waals surface area contributed by atoms with E-state index in [1.807, 2.05) is 29.2 Å². The SMILES string of the molecule is CCNC(=NCCc1ccc(Cl)cc1)NC1CCN(C(=O)C2CCCC2)C1. The molecule has 6 heteroatoms. The lowest BCUT2D eigenvalue weighted by atomic mass is 10.1. The lowest BCUT2D eigenvalue weighted by Crippen LogP contribution is -2.45. The molecule has 1 saturated heterocycles. The number of hydrogen-bond donors (Lipinski definition) is 2. The van der Waals surface area contributed by atoms with Gasteiger partial charge in [-0.2, -0.15) is 0 Å². The Kier molecular flexibility index (Phi) is 7.39. The molecular formula is C21H31ClN4O. The van der Waals surface area contributed by atoms with Gasteiger partial charge >= 0.3 is 0 Å². The summed E-state index contributed by atoms with van der Waals surface area (Å²) in [7, 11) is 0. The molecule has 27 heavy (non-hydrogen) atoms. The van der Waals surface area contributed by atoms with Gasteiger partial charge in [-0.25, -0.2) is 0 Å². The van der Waals surface area contributed by atoms with Crippen molar-refractivity contribution in [2.24, 2.45) is 10.9 Å². The second-order valence-electron chi connectivity index (χ2n) is 7.53. The van der Waals surface area contributed by atoms with Gasteiger partial charge in [0.15, 0.2) is 5.96 Å². The van der Waals surface area contributed by atoms with Crippen LogP contribution in [-0.4, -0.2) is 49.0 Å². The summed E-state index contributed by atoms with van der Waals surface area (Å²) in [6.07, 6.45) is 6.42. The average Bonchev–Trinajstić information content (AvgIpc) is 3.35. The van der Waals surface area contributed by atoms with E-state index in [0.29, 0.717) is 12.5 Å². The summed E-state index contributed by atoms with van der Waals surface area (Å²) in [5, 5.41) is 7.59. The smallest absolute Gasteiger partial charge is 0.225 e. The molecule has 1 amide bonds. The fourth-order valence-electron chi connectivity index (χ4n) is 3.97. The lowest BCUT2D eigenvalue weighted by Gasteiger charge is -2.21. The van der Waals surface area contributed by atoms with Gasteiger partial charge in [-0.15, -0.1) is 0 Å². The predicted octanol–water partition coefficient (Wildman–Crippen LogP) is 3.23. The number of rotatable bonds is 6. The average molecular weight is 391 g/mol. The van der Waals surface area contributed by atoms with Crippen LogP contribution in [-0.2, 0) is 11.2 Å². The number of aliphatic imine (C=N–C) groups is 1. The maximum Gasteiger partial charge on any atom is 0.225 e. The fraction of sp³-hybridized carbons (Fsp3) is 0.619. The van der Waals surface area contributed by atoms with Crippen molar-refractivity contribution in [2.75, 3.05) is 26.2 Å². The molecule has 148 valence electrons. The van der Waals surface area contributed by atoms with Crippen molar-refractivity contribution in [1.29, 1.82) is 0 Å². The Hall–Kier alpha value is -1.75. The number of carbonyl (C=O) groups excluding carboxylic acids is 1. The molecule has 1 unspecified atom stereocenters. The third-order valence-corrected chi connectivity index (χ3v) is 5.73. The van der Waals surface area contributed by atoms with Crippen molar-refractivity contribution in [3.05, 3.63) is 34.9 Å². The van der Waals surface area contributed by atoms with Crippen molar-refractivity contribution in [1.82, 2.24) is 15.5 Å². The highest BCUT2D eigenvalue weighted by Crippen LogP contribution is 2.27. The molecule has 1 aliphatic heterocycles. The van der Waals surface area contributed by atoms with E-state index in [9.17, 15) is 4.79 Å². The van der Waals surface area contributed by atoms with Gasteiger partial charge in [-0.05, 0) is 50.3 Å². The number of halogens is 1. The number of nitrogens with one attached hydrogen (secondary N) is 2. The van der Waals surface area contributed by atoms with E-state index in [0.717, 1.165) is 56.3 Å². The molecule has 1 heterocycles. The molecule has 0 aromatic heterocycles. The molecule has 1 saturated carbocycles. The second kappa shape index (κ2) is 9.98. The van der Waals surface area contributed by atoms with Gasteiger partial charge in [-0.3, -0.25) is 9.79 Å². The molecular weight excluding hydrogens is 360 g/mol. The highest BCUT2D eigenvalue weighted by molar-refractivity contribution is 6.30. The zero-order valence-electron chi connectivity index (χ0n) is 16.2. The Bertz CT molecular complexity index is 640. The zero-order valence-corrected chi connectivity index (χ0v) is 17.0. The molecule has 0 spiro atoms. The first-order valence-electron chi connectivity index (χ1n) is 10.2. The number of nitrogens with zero attached hydrogens (tertiary/aromatic N) is 2. The quantitative estimate of drug-likeness (QED) is 0.579. The first kappa shape index (κ1) is 20.0. The van der Waals surface area contributed by atoms with Crippen LogP contribution in [0.15, 0.2) is 29.3 Å². The maximum atomic E-state index is 12.6. The highest BCUT2D eigenvalue weighted by atomic mass is 35.5. The molecule has 1 atom stereocenters. The highest BCUT2D eigenvalue weighted by Gasteiger charge is 2.32. The van der Waals surface area contributed by atoms with Crippen LogP contribution in [0.3, 0.4) is 0 Å². The van der Waals surface area contributed by atoms with Gasteiger partial charge < -0.3 is 15.5 Å². The third-order valence-electron chi connectivity index (χ3n) is 5.47. The molecule has 1 aromatic carbocycles. The first-order valence-corrected chi connectivity index (χ1v) is 10.6. The third kappa shape index (κ3) is 5.86. The maximum absolute atomic E-state index is 12.6. The van der Waals surface area contributed by atoms with E-state index < -0.39 is 0 Å². The number of likely N-dealkylation sites (tertiary alicyclic amines) is 1. The Labute approximate surface area is 167 Å². The van der Waals surface area contributed by atoms with Gasteiger partial charge in [0.25, 0.3) is 0 Å². The van der Waals surface area contributed by atoms with Gasteiger partial charge in [0, 0.05) is 43.2 Å². The van der Waals surface area contributed by atoms with Gasteiger partial charge in [0.2, 0.25) is 5.91 Å².